The number of aryl methyl sites for hydroxylation is 1. The van der Waals surface area contributed by atoms with E-state index in [0.717, 1.165) is 16.4 Å². The van der Waals surface area contributed by atoms with E-state index in [-0.39, 0.29) is 5.43 Å². The third kappa shape index (κ3) is 2.68. The summed E-state index contributed by atoms with van der Waals surface area (Å²) < 4.78 is 2.03. The summed E-state index contributed by atoms with van der Waals surface area (Å²) in [5.74, 6) is 0. The van der Waals surface area contributed by atoms with Crippen molar-refractivity contribution in [3.05, 3.63) is 63.4 Å². The molecule has 0 radical (unpaired) electrons. The quantitative estimate of drug-likeness (QED) is 0.767. The van der Waals surface area contributed by atoms with Crippen molar-refractivity contribution in [3.8, 4) is 0 Å². The van der Waals surface area contributed by atoms with Crippen molar-refractivity contribution in [2.75, 3.05) is 0 Å². The van der Waals surface area contributed by atoms with Crippen LogP contribution in [0, 0.1) is 6.92 Å². The molecule has 0 fully saturated rings. The first-order chi connectivity index (χ1) is 9.20. The van der Waals surface area contributed by atoms with Gasteiger partial charge in [0.05, 0.1) is 10.9 Å². The van der Waals surface area contributed by atoms with Crippen molar-refractivity contribution >= 4 is 17.7 Å². The van der Waals surface area contributed by atoms with Crippen LogP contribution in [-0.4, -0.2) is 4.40 Å². The molecule has 0 atom stereocenters. The third-order valence-electron chi connectivity index (χ3n) is 2.92. The van der Waals surface area contributed by atoms with E-state index in [1.807, 2.05) is 62.6 Å². The zero-order chi connectivity index (χ0) is 14.4. The van der Waals surface area contributed by atoms with Crippen molar-refractivity contribution in [3.63, 3.8) is 0 Å². The summed E-state index contributed by atoms with van der Waals surface area (Å²) >= 11 is 0. The number of aromatic nitrogens is 1. The summed E-state index contributed by atoms with van der Waals surface area (Å²) in [5.41, 5.74) is 1.79. The molecule has 100 valence electrons. The molecule has 2 aromatic rings. The molecule has 0 amide bonds. The Bertz CT molecular complexity index is 751. The van der Waals surface area contributed by atoms with Crippen molar-refractivity contribution in [2.24, 2.45) is 0 Å². The Labute approximate surface area is 114 Å². The molecule has 0 spiro atoms. The fourth-order valence-electron chi connectivity index (χ4n) is 2.10. The summed E-state index contributed by atoms with van der Waals surface area (Å²) in [6.45, 7) is 11.5. The van der Waals surface area contributed by atoms with Gasteiger partial charge in [-0.05, 0) is 32.1 Å². The summed E-state index contributed by atoms with van der Waals surface area (Å²) in [4.78, 5) is 12.2. The highest BCUT2D eigenvalue weighted by molar-refractivity contribution is 5.55. The minimum absolute atomic E-state index is 0.0733. The summed E-state index contributed by atoms with van der Waals surface area (Å²) in [5, 5.41) is 1.61. The molecule has 0 aliphatic rings. The molecule has 0 aromatic carbocycles. The predicted molar refractivity (Wildman–Crippen MR) is 83.8 cm³/mol. The fraction of sp³-hybridized carbons (Fsp3) is 0.235. The number of rotatable bonds is 1. The monoisotopic (exact) mass is 255 g/mol. The van der Waals surface area contributed by atoms with Crippen LogP contribution in [0.4, 0.5) is 0 Å². The lowest BCUT2D eigenvalue weighted by atomic mass is 10.1. The van der Waals surface area contributed by atoms with Gasteiger partial charge in [0.2, 0.25) is 0 Å². The predicted octanol–water partition coefficient (Wildman–Crippen LogP) is 2.40. The van der Waals surface area contributed by atoms with E-state index < -0.39 is 0 Å². The molecule has 0 N–H and O–H groups in total. The topological polar surface area (TPSA) is 21.5 Å². The molecular weight excluding hydrogens is 234 g/mol. The Balaban J connectivity index is 0.000000861. The summed E-state index contributed by atoms with van der Waals surface area (Å²) in [6, 6.07) is 5.86. The standard InChI is InChI=1S/C15H15NO.C2H6/c1-4-8-12-13(5-2)16-10-7-6-9-14(16)11(3)15(12)17;1-2/h4-10H,1H2,2-3H3;1-2H3/b12-8+,13-5+;. The van der Waals surface area contributed by atoms with Gasteiger partial charge in [-0.3, -0.25) is 4.79 Å². The highest BCUT2D eigenvalue weighted by atomic mass is 16.1. The van der Waals surface area contributed by atoms with Crippen LogP contribution in [0.3, 0.4) is 0 Å². The molecular formula is C17H21NO. The first kappa shape index (κ1) is 15.0. The zero-order valence-corrected chi connectivity index (χ0v) is 12.1. The minimum atomic E-state index is 0.0733. The Hall–Kier alpha value is -2.09. The zero-order valence-electron chi connectivity index (χ0n) is 12.1. The first-order valence-corrected chi connectivity index (χ1v) is 6.59. The normalized spacial score (nSPS) is 12.2. The van der Waals surface area contributed by atoms with Crippen LogP contribution < -0.4 is 16.0 Å². The van der Waals surface area contributed by atoms with E-state index in [1.165, 1.54) is 0 Å². The number of hydrogen-bond donors (Lipinski definition) is 0. The van der Waals surface area contributed by atoms with E-state index >= 15 is 0 Å². The molecule has 0 bridgehead atoms. The van der Waals surface area contributed by atoms with E-state index in [4.69, 9.17) is 0 Å². The molecule has 2 nitrogen and oxygen atoms in total. The lowest BCUT2D eigenvalue weighted by molar-refractivity contribution is 1.06. The average Bonchev–Trinajstić information content (AvgIpc) is 2.47. The molecule has 0 saturated carbocycles. The van der Waals surface area contributed by atoms with Crippen molar-refractivity contribution in [1.82, 2.24) is 4.40 Å². The van der Waals surface area contributed by atoms with Gasteiger partial charge in [0.15, 0.2) is 5.43 Å². The molecule has 2 heterocycles. The Morgan fingerprint density at radius 3 is 2.53 bits per heavy atom. The molecule has 0 aliphatic carbocycles. The van der Waals surface area contributed by atoms with Crippen LogP contribution in [0.1, 0.15) is 26.3 Å². The van der Waals surface area contributed by atoms with Gasteiger partial charge in [-0.1, -0.05) is 38.6 Å². The van der Waals surface area contributed by atoms with Crippen LogP contribution in [0.25, 0.3) is 17.7 Å². The molecule has 0 saturated heterocycles. The maximum atomic E-state index is 12.2. The van der Waals surface area contributed by atoms with Crippen LogP contribution in [0.5, 0.6) is 0 Å². The minimum Gasteiger partial charge on any atom is -0.316 e. The van der Waals surface area contributed by atoms with E-state index in [2.05, 4.69) is 6.58 Å². The van der Waals surface area contributed by atoms with E-state index in [1.54, 1.807) is 12.2 Å². The third-order valence-corrected chi connectivity index (χ3v) is 2.92. The Kier molecular flexibility index (Phi) is 5.31. The Morgan fingerprint density at radius 2 is 1.95 bits per heavy atom. The van der Waals surface area contributed by atoms with Crippen molar-refractivity contribution < 1.29 is 0 Å². The van der Waals surface area contributed by atoms with Gasteiger partial charge in [0.25, 0.3) is 0 Å². The van der Waals surface area contributed by atoms with Gasteiger partial charge in [-0.15, -0.1) is 0 Å². The number of hydrogen-bond acceptors (Lipinski definition) is 1. The van der Waals surface area contributed by atoms with Gasteiger partial charge in [-0.25, -0.2) is 0 Å². The maximum absolute atomic E-state index is 12.2. The summed E-state index contributed by atoms with van der Waals surface area (Å²) in [6.07, 6.45) is 7.34. The van der Waals surface area contributed by atoms with E-state index in [9.17, 15) is 4.79 Å². The van der Waals surface area contributed by atoms with Crippen LogP contribution in [-0.2, 0) is 0 Å². The maximum Gasteiger partial charge on any atom is 0.192 e. The first-order valence-electron chi connectivity index (χ1n) is 6.59. The van der Waals surface area contributed by atoms with Gasteiger partial charge in [0, 0.05) is 17.0 Å². The number of fused-ring (bicyclic) bond motifs is 1. The second-order valence-electron chi connectivity index (χ2n) is 3.90. The number of nitrogens with zero attached hydrogens (tertiary/aromatic N) is 1. The van der Waals surface area contributed by atoms with Crippen LogP contribution in [0.2, 0.25) is 0 Å². The van der Waals surface area contributed by atoms with Gasteiger partial charge in [-0.2, -0.15) is 0 Å². The highest BCUT2D eigenvalue weighted by Gasteiger charge is 2.03. The van der Waals surface area contributed by atoms with Crippen molar-refractivity contribution in [1.29, 1.82) is 0 Å². The smallest absolute Gasteiger partial charge is 0.192 e. The second kappa shape index (κ2) is 6.74. The molecule has 2 aromatic heterocycles. The average molecular weight is 255 g/mol. The van der Waals surface area contributed by atoms with Gasteiger partial charge in [0.1, 0.15) is 0 Å². The SMILES string of the molecule is C=C/C=c1/c(=O)c(C)c2ccccn2/c1=C/C.CC. The van der Waals surface area contributed by atoms with E-state index in [0.29, 0.717) is 5.22 Å². The van der Waals surface area contributed by atoms with Crippen LogP contribution >= 0.6 is 0 Å². The van der Waals surface area contributed by atoms with Crippen molar-refractivity contribution in [2.45, 2.75) is 27.7 Å². The molecule has 0 unspecified atom stereocenters. The molecule has 0 aliphatic heterocycles. The number of pyridine rings is 2. The largest absolute Gasteiger partial charge is 0.316 e. The van der Waals surface area contributed by atoms with Gasteiger partial charge < -0.3 is 4.40 Å². The van der Waals surface area contributed by atoms with Gasteiger partial charge >= 0.3 is 0 Å². The second-order valence-corrected chi connectivity index (χ2v) is 3.90. The summed E-state index contributed by atoms with van der Waals surface area (Å²) in [7, 11) is 0. The Morgan fingerprint density at radius 1 is 1.26 bits per heavy atom. The molecule has 2 rings (SSSR count). The lowest BCUT2D eigenvalue weighted by Gasteiger charge is -2.05. The molecule has 19 heavy (non-hydrogen) atoms. The lowest BCUT2D eigenvalue weighted by Crippen LogP contribution is -2.44. The van der Waals surface area contributed by atoms with Crippen LogP contribution in [0.15, 0.2) is 41.8 Å². The molecule has 2 heteroatoms. The highest BCUT2D eigenvalue weighted by Crippen LogP contribution is 2.00. The fourth-order valence-corrected chi connectivity index (χ4v) is 2.10. The number of allylic oxidation sites excluding steroid dienone is 1.